The second-order valence-electron chi connectivity index (χ2n) is 3.66. The number of likely N-dealkylation sites (tertiary alicyclic amines) is 1. The molecule has 0 aliphatic carbocycles. The van der Waals surface area contributed by atoms with Gasteiger partial charge in [-0.15, -0.1) is 0 Å². The molecular formula is C10H15N3O2. The first-order chi connectivity index (χ1) is 7.31. The van der Waals surface area contributed by atoms with Crippen LogP contribution in [0.4, 0.5) is 0 Å². The molecular weight excluding hydrogens is 194 g/mol. The van der Waals surface area contributed by atoms with E-state index < -0.39 is 0 Å². The molecule has 5 heteroatoms. The van der Waals surface area contributed by atoms with E-state index in [4.69, 9.17) is 10.2 Å². The van der Waals surface area contributed by atoms with E-state index in [9.17, 15) is 4.79 Å². The average Bonchev–Trinajstić information content (AvgIpc) is 2.87. The van der Waals surface area contributed by atoms with Crippen LogP contribution in [0.15, 0.2) is 10.6 Å². The van der Waals surface area contributed by atoms with E-state index in [1.54, 1.807) is 4.90 Å². The van der Waals surface area contributed by atoms with Crippen LogP contribution in [-0.2, 0) is 6.42 Å². The smallest absolute Gasteiger partial charge is 0.291 e. The SMILES string of the molecule is NCCc1ncc(C(=O)N2CCCC2)o1. The molecule has 1 aromatic heterocycles. The van der Waals surface area contributed by atoms with Crippen molar-refractivity contribution in [3.63, 3.8) is 0 Å². The summed E-state index contributed by atoms with van der Waals surface area (Å²) in [6.07, 6.45) is 4.23. The lowest BCUT2D eigenvalue weighted by atomic mass is 10.4. The van der Waals surface area contributed by atoms with E-state index >= 15 is 0 Å². The maximum Gasteiger partial charge on any atom is 0.291 e. The minimum Gasteiger partial charge on any atom is -0.435 e. The highest BCUT2D eigenvalue weighted by molar-refractivity contribution is 5.91. The van der Waals surface area contributed by atoms with Crippen LogP contribution in [0.2, 0.25) is 0 Å². The molecule has 0 bridgehead atoms. The van der Waals surface area contributed by atoms with Crippen molar-refractivity contribution in [1.29, 1.82) is 0 Å². The maximum atomic E-state index is 11.8. The lowest BCUT2D eigenvalue weighted by Gasteiger charge is -2.12. The number of hydrogen-bond acceptors (Lipinski definition) is 4. The van der Waals surface area contributed by atoms with Crippen LogP contribution in [0.3, 0.4) is 0 Å². The lowest BCUT2D eigenvalue weighted by molar-refractivity contribution is 0.0759. The number of rotatable bonds is 3. The Balaban J connectivity index is 2.04. The summed E-state index contributed by atoms with van der Waals surface area (Å²) in [6.45, 7) is 2.13. The summed E-state index contributed by atoms with van der Waals surface area (Å²) in [7, 11) is 0. The summed E-state index contributed by atoms with van der Waals surface area (Å²) in [5.41, 5.74) is 5.37. The average molecular weight is 209 g/mol. The monoisotopic (exact) mass is 209 g/mol. The molecule has 1 saturated heterocycles. The van der Waals surface area contributed by atoms with Gasteiger partial charge in [-0.25, -0.2) is 4.98 Å². The van der Waals surface area contributed by atoms with Gasteiger partial charge in [0.2, 0.25) is 5.76 Å². The van der Waals surface area contributed by atoms with Crippen molar-refractivity contribution >= 4 is 5.91 Å². The number of aromatic nitrogens is 1. The summed E-state index contributed by atoms with van der Waals surface area (Å²) in [6, 6.07) is 0. The molecule has 5 nitrogen and oxygen atoms in total. The number of oxazole rings is 1. The molecule has 0 spiro atoms. The third kappa shape index (κ3) is 2.18. The Hall–Kier alpha value is -1.36. The van der Waals surface area contributed by atoms with E-state index in [1.165, 1.54) is 6.20 Å². The van der Waals surface area contributed by atoms with Crippen LogP contribution >= 0.6 is 0 Å². The summed E-state index contributed by atoms with van der Waals surface area (Å²) >= 11 is 0. The zero-order chi connectivity index (χ0) is 10.7. The fourth-order valence-electron chi connectivity index (χ4n) is 1.72. The molecule has 0 radical (unpaired) electrons. The van der Waals surface area contributed by atoms with Gasteiger partial charge >= 0.3 is 0 Å². The van der Waals surface area contributed by atoms with Gasteiger partial charge in [-0.3, -0.25) is 4.79 Å². The number of amides is 1. The number of hydrogen-bond donors (Lipinski definition) is 1. The van der Waals surface area contributed by atoms with Gasteiger partial charge in [-0.1, -0.05) is 0 Å². The van der Waals surface area contributed by atoms with E-state index in [0.717, 1.165) is 25.9 Å². The minimum absolute atomic E-state index is 0.0525. The molecule has 1 aliphatic rings. The second kappa shape index (κ2) is 4.44. The van der Waals surface area contributed by atoms with Crippen molar-refractivity contribution in [3.05, 3.63) is 17.8 Å². The molecule has 0 saturated carbocycles. The van der Waals surface area contributed by atoms with Crippen LogP contribution in [0, 0.1) is 0 Å². The zero-order valence-corrected chi connectivity index (χ0v) is 8.61. The third-order valence-corrected chi connectivity index (χ3v) is 2.52. The largest absolute Gasteiger partial charge is 0.435 e. The quantitative estimate of drug-likeness (QED) is 0.782. The molecule has 0 unspecified atom stereocenters. The van der Waals surface area contributed by atoms with Gasteiger partial charge in [0, 0.05) is 26.1 Å². The van der Waals surface area contributed by atoms with Gasteiger partial charge in [0.1, 0.15) is 0 Å². The fraction of sp³-hybridized carbons (Fsp3) is 0.600. The molecule has 0 aromatic carbocycles. The molecule has 15 heavy (non-hydrogen) atoms. The van der Waals surface area contributed by atoms with Crippen molar-refractivity contribution in [3.8, 4) is 0 Å². The molecule has 1 fully saturated rings. The van der Waals surface area contributed by atoms with E-state index in [1.807, 2.05) is 0 Å². The van der Waals surface area contributed by atoms with Gasteiger partial charge in [0.15, 0.2) is 5.89 Å². The van der Waals surface area contributed by atoms with Gasteiger partial charge in [-0.2, -0.15) is 0 Å². The normalized spacial score (nSPS) is 15.9. The Morgan fingerprint density at radius 3 is 2.93 bits per heavy atom. The predicted octanol–water partition coefficient (Wildman–Crippen LogP) is 0.412. The second-order valence-corrected chi connectivity index (χ2v) is 3.66. The maximum absolute atomic E-state index is 11.8. The molecule has 1 amide bonds. The number of carbonyl (C=O) groups excluding carboxylic acids is 1. The first-order valence-corrected chi connectivity index (χ1v) is 5.25. The summed E-state index contributed by atoms with van der Waals surface area (Å²) in [4.78, 5) is 17.6. The number of carbonyl (C=O) groups is 1. The predicted molar refractivity (Wildman–Crippen MR) is 54.4 cm³/mol. The minimum atomic E-state index is -0.0525. The molecule has 0 atom stereocenters. The van der Waals surface area contributed by atoms with Crippen molar-refractivity contribution in [1.82, 2.24) is 9.88 Å². The Bertz CT molecular complexity index is 342. The Labute approximate surface area is 88.3 Å². The van der Waals surface area contributed by atoms with Crippen LogP contribution in [0.1, 0.15) is 29.3 Å². The Kier molecular flexibility index (Phi) is 3.01. The van der Waals surface area contributed by atoms with E-state index in [0.29, 0.717) is 24.6 Å². The van der Waals surface area contributed by atoms with Gasteiger partial charge in [-0.05, 0) is 12.8 Å². The van der Waals surface area contributed by atoms with Crippen LogP contribution in [0.5, 0.6) is 0 Å². The fourth-order valence-corrected chi connectivity index (χ4v) is 1.72. The van der Waals surface area contributed by atoms with Gasteiger partial charge in [0.25, 0.3) is 5.91 Å². The van der Waals surface area contributed by atoms with Crippen molar-refractivity contribution in [2.75, 3.05) is 19.6 Å². The highest BCUT2D eigenvalue weighted by atomic mass is 16.4. The molecule has 1 aliphatic heterocycles. The Morgan fingerprint density at radius 1 is 1.53 bits per heavy atom. The zero-order valence-electron chi connectivity index (χ0n) is 8.61. The molecule has 2 heterocycles. The van der Waals surface area contributed by atoms with Gasteiger partial charge < -0.3 is 15.1 Å². The third-order valence-electron chi connectivity index (χ3n) is 2.52. The summed E-state index contributed by atoms with van der Waals surface area (Å²) < 4.78 is 5.32. The molecule has 1 aromatic rings. The first kappa shape index (κ1) is 10.2. The summed E-state index contributed by atoms with van der Waals surface area (Å²) in [5.74, 6) is 0.823. The van der Waals surface area contributed by atoms with Crippen LogP contribution in [-0.4, -0.2) is 35.4 Å². The summed E-state index contributed by atoms with van der Waals surface area (Å²) in [5, 5.41) is 0. The molecule has 2 rings (SSSR count). The number of nitrogens with zero attached hydrogens (tertiary/aromatic N) is 2. The van der Waals surface area contributed by atoms with Crippen LogP contribution in [0.25, 0.3) is 0 Å². The molecule has 2 N–H and O–H groups in total. The topological polar surface area (TPSA) is 72.4 Å². The van der Waals surface area contributed by atoms with Gasteiger partial charge in [0.05, 0.1) is 6.20 Å². The number of nitrogens with two attached hydrogens (primary N) is 1. The lowest BCUT2D eigenvalue weighted by Crippen LogP contribution is -2.27. The Morgan fingerprint density at radius 2 is 2.27 bits per heavy atom. The van der Waals surface area contributed by atoms with Crippen LogP contribution < -0.4 is 5.73 Å². The first-order valence-electron chi connectivity index (χ1n) is 5.25. The van der Waals surface area contributed by atoms with Crippen molar-refractivity contribution < 1.29 is 9.21 Å². The van der Waals surface area contributed by atoms with E-state index in [-0.39, 0.29) is 5.91 Å². The highest BCUT2D eigenvalue weighted by Crippen LogP contribution is 2.13. The van der Waals surface area contributed by atoms with Crippen molar-refractivity contribution in [2.45, 2.75) is 19.3 Å². The highest BCUT2D eigenvalue weighted by Gasteiger charge is 2.22. The van der Waals surface area contributed by atoms with E-state index in [2.05, 4.69) is 4.98 Å². The van der Waals surface area contributed by atoms with Crippen molar-refractivity contribution in [2.24, 2.45) is 5.73 Å². The standard InChI is InChI=1S/C10H15N3O2/c11-4-3-9-12-7-8(15-9)10(14)13-5-1-2-6-13/h7H,1-6,11H2. The molecule has 82 valence electrons.